The predicted octanol–water partition coefficient (Wildman–Crippen LogP) is 2.43. The largest absolute Gasteiger partial charge is 0.383 e. The van der Waals surface area contributed by atoms with Gasteiger partial charge in [-0.1, -0.05) is 25.0 Å². The Hall–Kier alpha value is -1.55. The highest BCUT2D eigenvalue weighted by atomic mass is 16.2. The number of nitrogens with one attached hydrogen (secondary N) is 1. The first kappa shape index (κ1) is 14.4. The normalized spacial score (nSPS) is 20.4. The summed E-state index contributed by atoms with van der Waals surface area (Å²) >= 11 is 0. The van der Waals surface area contributed by atoms with Crippen molar-refractivity contribution in [3.05, 3.63) is 29.8 Å². The highest BCUT2D eigenvalue weighted by Crippen LogP contribution is 2.19. The molecule has 1 amide bonds. The summed E-state index contributed by atoms with van der Waals surface area (Å²) < 4.78 is 0. The first-order valence-electron chi connectivity index (χ1n) is 8.19. The summed E-state index contributed by atoms with van der Waals surface area (Å²) in [6.45, 7) is 5.86. The Morgan fingerprint density at radius 1 is 0.952 bits per heavy atom. The van der Waals surface area contributed by atoms with Crippen molar-refractivity contribution in [3.8, 4) is 0 Å². The van der Waals surface area contributed by atoms with Crippen LogP contribution < -0.4 is 5.32 Å². The van der Waals surface area contributed by atoms with E-state index < -0.39 is 0 Å². The van der Waals surface area contributed by atoms with E-state index in [1.165, 1.54) is 38.8 Å². The fourth-order valence-electron chi connectivity index (χ4n) is 3.26. The summed E-state index contributed by atoms with van der Waals surface area (Å²) in [7, 11) is 0. The SMILES string of the molecule is O=C1c2ccccc2NCCN1CCN1CCCCCC1. The summed E-state index contributed by atoms with van der Waals surface area (Å²) in [5.74, 6) is 0.172. The van der Waals surface area contributed by atoms with Crippen LogP contribution in [-0.2, 0) is 0 Å². The molecule has 1 fully saturated rings. The first-order chi connectivity index (χ1) is 10.3. The lowest BCUT2D eigenvalue weighted by Gasteiger charge is -2.26. The highest BCUT2D eigenvalue weighted by Gasteiger charge is 2.22. The minimum Gasteiger partial charge on any atom is -0.383 e. The first-order valence-corrected chi connectivity index (χ1v) is 8.19. The Morgan fingerprint density at radius 3 is 2.52 bits per heavy atom. The van der Waals surface area contributed by atoms with E-state index in [1.54, 1.807) is 0 Å². The number of carbonyl (C=O) groups excluding carboxylic acids is 1. The molecule has 0 bridgehead atoms. The van der Waals surface area contributed by atoms with Gasteiger partial charge in [0.15, 0.2) is 0 Å². The molecule has 1 aromatic carbocycles. The van der Waals surface area contributed by atoms with Gasteiger partial charge in [-0.25, -0.2) is 0 Å². The summed E-state index contributed by atoms with van der Waals surface area (Å²) in [4.78, 5) is 17.2. The number of benzene rings is 1. The Labute approximate surface area is 127 Å². The molecule has 0 aliphatic carbocycles. The zero-order valence-electron chi connectivity index (χ0n) is 12.7. The van der Waals surface area contributed by atoms with Crippen molar-refractivity contribution < 1.29 is 4.79 Å². The number of hydrogen-bond donors (Lipinski definition) is 1. The van der Waals surface area contributed by atoms with E-state index >= 15 is 0 Å². The van der Waals surface area contributed by atoms with Crippen LogP contribution in [0.4, 0.5) is 5.69 Å². The number of likely N-dealkylation sites (tertiary alicyclic amines) is 1. The highest BCUT2D eigenvalue weighted by molar-refractivity contribution is 6.00. The third-order valence-electron chi connectivity index (χ3n) is 4.53. The molecule has 0 saturated carbocycles. The molecule has 1 saturated heterocycles. The molecular formula is C17H25N3O. The van der Waals surface area contributed by atoms with Gasteiger partial charge >= 0.3 is 0 Å². The molecular weight excluding hydrogens is 262 g/mol. The van der Waals surface area contributed by atoms with E-state index in [4.69, 9.17) is 0 Å². The Bertz CT molecular complexity index is 481. The zero-order chi connectivity index (χ0) is 14.5. The molecule has 0 aromatic heterocycles. The van der Waals surface area contributed by atoms with Crippen molar-refractivity contribution in [1.29, 1.82) is 0 Å². The average molecular weight is 287 g/mol. The summed E-state index contributed by atoms with van der Waals surface area (Å²) in [6.07, 6.45) is 5.32. The van der Waals surface area contributed by atoms with Crippen LogP contribution in [0, 0.1) is 0 Å². The lowest BCUT2D eigenvalue weighted by atomic mass is 10.1. The Morgan fingerprint density at radius 2 is 1.71 bits per heavy atom. The summed E-state index contributed by atoms with van der Waals surface area (Å²) in [6, 6.07) is 7.84. The van der Waals surface area contributed by atoms with Crippen molar-refractivity contribution in [2.45, 2.75) is 25.7 Å². The van der Waals surface area contributed by atoms with E-state index in [0.717, 1.165) is 37.4 Å². The second-order valence-corrected chi connectivity index (χ2v) is 6.02. The standard InChI is InChI=1S/C17H25N3O/c21-17-15-7-3-4-8-16(15)18-9-12-20(17)14-13-19-10-5-1-2-6-11-19/h3-4,7-8,18H,1-2,5-6,9-14H2. The zero-order valence-corrected chi connectivity index (χ0v) is 12.7. The van der Waals surface area contributed by atoms with Crippen LogP contribution in [0.1, 0.15) is 36.0 Å². The van der Waals surface area contributed by atoms with Crippen LogP contribution in [0.15, 0.2) is 24.3 Å². The van der Waals surface area contributed by atoms with Gasteiger partial charge < -0.3 is 15.1 Å². The van der Waals surface area contributed by atoms with Gasteiger partial charge in [-0.2, -0.15) is 0 Å². The number of para-hydroxylation sites is 1. The topological polar surface area (TPSA) is 35.6 Å². The van der Waals surface area contributed by atoms with Crippen molar-refractivity contribution in [1.82, 2.24) is 9.80 Å². The lowest BCUT2D eigenvalue weighted by Crippen LogP contribution is -2.40. The third-order valence-corrected chi connectivity index (χ3v) is 4.53. The molecule has 0 unspecified atom stereocenters. The Balaban J connectivity index is 1.61. The maximum absolute atomic E-state index is 12.6. The summed E-state index contributed by atoms with van der Waals surface area (Å²) in [5, 5.41) is 3.36. The van der Waals surface area contributed by atoms with Gasteiger partial charge in [-0.05, 0) is 38.1 Å². The second kappa shape index (κ2) is 6.94. The molecule has 4 nitrogen and oxygen atoms in total. The van der Waals surface area contributed by atoms with E-state index in [9.17, 15) is 4.79 Å². The van der Waals surface area contributed by atoms with Gasteiger partial charge in [-0.15, -0.1) is 0 Å². The number of rotatable bonds is 3. The maximum atomic E-state index is 12.6. The molecule has 2 aliphatic heterocycles. The molecule has 2 aliphatic rings. The van der Waals surface area contributed by atoms with Crippen LogP contribution in [0.5, 0.6) is 0 Å². The monoisotopic (exact) mass is 287 g/mol. The van der Waals surface area contributed by atoms with Crippen LogP contribution in [0.2, 0.25) is 0 Å². The number of amides is 1. The van der Waals surface area contributed by atoms with Crippen molar-refractivity contribution in [3.63, 3.8) is 0 Å². The van der Waals surface area contributed by atoms with Crippen molar-refractivity contribution >= 4 is 11.6 Å². The molecule has 3 rings (SSSR count). The molecule has 4 heteroatoms. The minimum absolute atomic E-state index is 0.172. The molecule has 0 radical (unpaired) electrons. The van der Waals surface area contributed by atoms with E-state index in [-0.39, 0.29) is 5.91 Å². The van der Waals surface area contributed by atoms with Gasteiger partial charge in [-0.3, -0.25) is 4.79 Å². The minimum atomic E-state index is 0.172. The van der Waals surface area contributed by atoms with Crippen molar-refractivity contribution in [2.75, 3.05) is 44.6 Å². The molecule has 114 valence electrons. The maximum Gasteiger partial charge on any atom is 0.256 e. The fraction of sp³-hybridized carbons (Fsp3) is 0.588. The number of nitrogens with zero attached hydrogens (tertiary/aromatic N) is 2. The quantitative estimate of drug-likeness (QED) is 0.927. The van der Waals surface area contributed by atoms with E-state index in [0.29, 0.717) is 0 Å². The van der Waals surface area contributed by atoms with Gasteiger partial charge in [0.05, 0.1) is 5.56 Å². The Kier molecular flexibility index (Phi) is 4.76. The van der Waals surface area contributed by atoms with Gasteiger partial charge in [0.25, 0.3) is 5.91 Å². The lowest BCUT2D eigenvalue weighted by molar-refractivity contribution is 0.0748. The van der Waals surface area contributed by atoms with Gasteiger partial charge in [0.2, 0.25) is 0 Å². The van der Waals surface area contributed by atoms with Crippen molar-refractivity contribution in [2.24, 2.45) is 0 Å². The third kappa shape index (κ3) is 3.56. The molecule has 1 N–H and O–H groups in total. The number of anilines is 1. The van der Waals surface area contributed by atoms with Crippen LogP contribution >= 0.6 is 0 Å². The number of hydrogen-bond acceptors (Lipinski definition) is 3. The second-order valence-electron chi connectivity index (χ2n) is 6.02. The number of carbonyl (C=O) groups is 1. The van der Waals surface area contributed by atoms with Gasteiger partial charge in [0.1, 0.15) is 0 Å². The molecule has 21 heavy (non-hydrogen) atoms. The molecule has 1 aromatic rings. The fourth-order valence-corrected chi connectivity index (χ4v) is 3.26. The number of fused-ring (bicyclic) bond motifs is 1. The predicted molar refractivity (Wildman–Crippen MR) is 85.7 cm³/mol. The molecule has 0 atom stereocenters. The van der Waals surface area contributed by atoms with Crippen LogP contribution in [0.25, 0.3) is 0 Å². The van der Waals surface area contributed by atoms with Crippen LogP contribution in [0.3, 0.4) is 0 Å². The average Bonchev–Trinajstić information content (AvgIpc) is 2.86. The van der Waals surface area contributed by atoms with Crippen LogP contribution in [-0.4, -0.2) is 55.0 Å². The molecule has 0 spiro atoms. The summed E-state index contributed by atoms with van der Waals surface area (Å²) in [5.41, 5.74) is 1.78. The smallest absolute Gasteiger partial charge is 0.256 e. The molecule has 2 heterocycles. The van der Waals surface area contributed by atoms with Gasteiger partial charge in [0, 0.05) is 31.9 Å². The van der Waals surface area contributed by atoms with E-state index in [1.807, 2.05) is 29.2 Å². The van der Waals surface area contributed by atoms with E-state index in [2.05, 4.69) is 10.2 Å².